The van der Waals surface area contributed by atoms with E-state index >= 15 is 0 Å². The summed E-state index contributed by atoms with van der Waals surface area (Å²) in [5.74, 6) is 2.03. The van der Waals surface area contributed by atoms with Gasteiger partial charge in [0.25, 0.3) is 0 Å². The topological polar surface area (TPSA) is 70.5 Å². The van der Waals surface area contributed by atoms with Gasteiger partial charge in [-0.3, -0.25) is 9.59 Å². The van der Waals surface area contributed by atoms with Crippen molar-refractivity contribution in [1.29, 1.82) is 0 Å². The van der Waals surface area contributed by atoms with Crippen LogP contribution in [-0.4, -0.2) is 45.2 Å². The molecular weight excluding hydrogens is 404 g/mol. The summed E-state index contributed by atoms with van der Waals surface area (Å²) >= 11 is 3.02. The van der Waals surface area contributed by atoms with Gasteiger partial charge in [0.2, 0.25) is 5.91 Å². The lowest BCUT2D eigenvalue weighted by Crippen LogP contribution is -2.44. The molecule has 164 valence electrons. The fraction of sp³-hybridized carbons (Fsp3) is 0.773. The number of thioether (sulfide) groups is 1. The molecule has 0 aliphatic heterocycles. The van der Waals surface area contributed by atoms with Gasteiger partial charge in [-0.25, -0.2) is 4.98 Å². The van der Waals surface area contributed by atoms with Crippen LogP contribution in [0.4, 0.5) is 0 Å². The second kappa shape index (κ2) is 11.9. The largest absolute Gasteiger partial charge is 0.481 e. The van der Waals surface area contributed by atoms with Crippen LogP contribution in [0, 0.1) is 17.8 Å². The zero-order valence-electron chi connectivity index (χ0n) is 18.2. The number of hydrogen-bond acceptors (Lipinski definition) is 5. The molecule has 1 amide bonds. The molecule has 1 aromatic rings. The van der Waals surface area contributed by atoms with Gasteiger partial charge < -0.3 is 10.0 Å². The van der Waals surface area contributed by atoms with Gasteiger partial charge in [0.1, 0.15) is 5.01 Å². The van der Waals surface area contributed by atoms with Crippen molar-refractivity contribution in [3.05, 3.63) is 11.2 Å². The van der Waals surface area contributed by atoms with Crippen LogP contribution in [0.2, 0.25) is 0 Å². The summed E-state index contributed by atoms with van der Waals surface area (Å²) in [6.07, 6.45) is 7.95. The van der Waals surface area contributed by atoms with E-state index in [2.05, 4.69) is 37.6 Å². The van der Waals surface area contributed by atoms with E-state index in [1.165, 1.54) is 35.9 Å². The molecule has 1 aliphatic rings. The number of thiazole rings is 1. The molecule has 1 aromatic heterocycles. The Morgan fingerprint density at radius 2 is 1.93 bits per heavy atom. The van der Waals surface area contributed by atoms with Gasteiger partial charge in [0, 0.05) is 18.3 Å². The summed E-state index contributed by atoms with van der Waals surface area (Å²) in [6, 6.07) is 0.362. The smallest absolute Gasteiger partial charge is 0.304 e. The average molecular weight is 441 g/mol. The number of carbonyl (C=O) groups is 2. The lowest BCUT2D eigenvalue weighted by molar-refractivity contribution is -0.136. The summed E-state index contributed by atoms with van der Waals surface area (Å²) in [5, 5.41) is 9.59. The first-order chi connectivity index (χ1) is 13.8. The molecule has 7 heteroatoms. The lowest BCUT2D eigenvalue weighted by Gasteiger charge is -2.38. The minimum Gasteiger partial charge on any atom is -0.481 e. The monoisotopic (exact) mass is 440 g/mol. The van der Waals surface area contributed by atoms with Crippen molar-refractivity contribution < 1.29 is 14.7 Å². The molecule has 0 unspecified atom stereocenters. The third-order valence-corrected chi connectivity index (χ3v) is 7.98. The van der Waals surface area contributed by atoms with Crippen LogP contribution >= 0.6 is 23.1 Å². The minimum atomic E-state index is -0.787. The quantitative estimate of drug-likeness (QED) is 0.470. The van der Waals surface area contributed by atoms with Crippen molar-refractivity contribution in [3.8, 4) is 0 Å². The normalized spacial score (nSPS) is 19.7. The van der Waals surface area contributed by atoms with Crippen molar-refractivity contribution in [2.45, 2.75) is 82.9 Å². The number of aliphatic carboxylic acids is 1. The first-order valence-corrected chi connectivity index (χ1v) is 12.6. The van der Waals surface area contributed by atoms with Gasteiger partial charge in [0.05, 0.1) is 23.2 Å². The zero-order valence-corrected chi connectivity index (χ0v) is 19.9. The van der Waals surface area contributed by atoms with Gasteiger partial charge in [0.15, 0.2) is 0 Å². The molecule has 0 saturated heterocycles. The van der Waals surface area contributed by atoms with Crippen LogP contribution < -0.4 is 0 Å². The summed E-state index contributed by atoms with van der Waals surface area (Å²) in [5.41, 5.74) is 0. The number of nitrogens with zero attached hydrogens (tertiary/aromatic N) is 2. The maximum absolute atomic E-state index is 13.2. The number of carbonyl (C=O) groups excluding carboxylic acids is 1. The van der Waals surface area contributed by atoms with E-state index < -0.39 is 5.97 Å². The molecule has 1 fully saturated rings. The SMILES string of the molecule is CC(C)CCN(C(=O)Cc1ncc(SCCC(=O)O)s1)C1CCC(C(C)C)CC1. The highest BCUT2D eigenvalue weighted by Crippen LogP contribution is 2.33. The van der Waals surface area contributed by atoms with Gasteiger partial charge in [-0.15, -0.1) is 23.1 Å². The Balaban J connectivity index is 1.95. The van der Waals surface area contributed by atoms with Gasteiger partial charge in [-0.1, -0.05) is 27.7 Å². The first-order valence-electron chi connectivity index (χ1n) is 10.8. The summed E-state index contributed by atoms with van der Waals surface area (Å²) in [6.45, 7) is 9.86. The van der Waals surface area contributed by atoms with Gasteiger partial charge >= 0.3 is 5.97 Å². The van der Waals surface area contributed by atoms with Crippen molar-refractivity contribution >= 4 is 35.0 Å². The summed E-state index contributed by atoms with van der Waals surface area (Å²) < 4.78 is 0.986. The molecule has 2 rings (SSSR count). The molecule has 1 aliphatic carbocycles. The Bertz CT molecular complexity index is 652. The molecule has 0 atom stereocenters. The Labute approximate surface area is 183 Å². The third kappa shape index (κ3) is 8.28. The molecule has 1 N–H and O–H groups in total. The maximum Gasteiger partial charge on any atom is 0.304 e. The summed E-state index contributed by atoms with van der Waals surface area (Å²) in [4.78, 5) is 30.4. The Hall–Kier alpha value is -1.08. The molecule has 1 heterocycles. The highest BCUT2D eigenvalue weighted by atomic mass is 32.2. The number of aromatic nitrogens is 1. The third-order valence-electron chi connectivity index (χ3n) is 5.79. The second-order valence-electron chi connectivity index (χ2n) is 8.82. The molecule has 5 nitrogen and oxygen atoms in total. The van der Waals surface area contributed by atoms with Crippen LogP contribution in [0.5, 0.6) is 0 Å². The predicted octanol–water partition coefficient (Wildman–Crippen LogP) is 5.34. The first kappa shape index (κ1) is 24.2. The van der Waals surface area contributed by atoms with Crippen LogP contribution in [-0.2, 0) is 16.0 Å². The molecule has 0 aromatic carbocycles. The molecule has 1 saturated carbocycles. The number of hydrogen-bond donors (Lipinski definition) is 1. The van der Waals surface area contributed by atoms with Crippen molar-refractivity contribution in [3.63, 3.8) is 0 Å². The van der Waals surface area contributed by atoms with E-state index in [4.69, 9.17) is 5.11 Å². The van der Waals surface area contributed by atoms with Gasteiger partial charge in [-0.05, 0) is 49.9 Å². The van der Waals surface area contributed by atoms with Crippen LogP contribution in [0.25, 0.3) is 0 Å². The predicted molar refractivity (Wildman–Crippen MR) is 121 cm³/mol. The average Bonchev–Trinajstić information content (AvgIpc) is 3.09. The Kier molecular flexibility index (Phi) is 9.96. The van der Waals surface area contributed by atoms with Gasteiger partial charge in [-0.2, -0.15) is 0 Å². The zero-order chi connectivity index (χ0) is 21.4. The number of carboxylic acid groups (broad SMARTS) is 1. The number of carboxylic acids is 1. The van der Waals surface area contributed by atoms with E-state index in [1.54, 1.807) is 6.20 Å². The molecule has 0 radical (unpaired) electrons. The number of rotatable bonds is 11. The molecule has 29 heavy (non-hydrogen) atoms. The standard InChI is InChI=1S/C22H36N2O3S2/c1-15(2)9-11-24(18-7-5-17(6-8-18)16(3)4)20(25)13-19-23-14-22(29-19)28-12-10-21(26)27/h14-18H,5-13H2,1-4H3,(H,26,27). The molecular formula is C22H36N2O3S2. The number of amides is 1. The Morgan fingerprint density at radius 3 is 2.52 bits per heavy atom. The van der Waals surface area contributed by atoms with E-state index in [9.17, 15) is 9.59 Å². The fourth-order valence-electron chi connectivity index (χ4n) is 3.90. The van der Waals surface area contributed by atoms with E-state index in [0.29, 0.717) is 24.1 Å². The molecule has 0 spiro atoms. The van der Waals surface area contributed by atoms with Crippen molar-refractivity contribution in [2.75, 3.05) is 12.3 Å². The second-order valence-corrected chi connectivity index (χ2v) is 11.3. The Morgan fingerprint density at radius 1 is 1.24 bits per heavy atom. The summed E-state index contributed by atoms with van der Waals surface area (Å²) in [7, 11) is 0. The van der Waals surface area contributed by atoms with E-state index in [-0.39, 0.29) is 12.3 Å². The van der Waals surface area contributed by atoms with Crippen molar-refractivity contribution in [2.24, 2.45) is 17.8 Å². The maximum atomic E-state index is 13.2. The minimum absolute atomic E-state index is 0.138. The van der Waals surface area contributed by atoms with E-state index in [0.717, 1.165) is 46.9 Å². The van der Waals surface area contributed by atoms with Crippen LogP contribution in [0.15, 0.2) is 10.4 Å². The fourth-order valence-corrected chi connectivity index (χ4v) is 5.92. The highest BCUT2D eigenvalue weighted by molar-refractivity contribution is 8.01. The van der Waals surface area contributed by atoms with Crippen LogP contribution in [0.3, 0.4) is 0 Å². The molecule has 0 bridgehead atoms. The highest BCUT2D eigenvalue weighted by Gasteiger charge is 2.30. The lowest BCUT2D eigenvalue weighted by atomic mass is 9.79. The van der Waals surface area contributed by atoms with Crippen LogP contribution in [0.1, 0.15) is 71.2 Å². The van der Waals surface area contributed by atoms with Crippen molar-refractivity contribution in [1.82, 2.24) is 9.88 Å². The van der Waals surface area contributed by atoms with E-state index in [1.807, 2.05) is 0 Å².